The molecule has 0 saturated carbocycles. The molecule has 5 nitrogen and oxygen atoms in total. The first-order chi connectivity index (χ1) is 13.3. The Morgan fingerprint density at radius 3 is 2.70 bits per heavy atom. The van der Waals surface area contributed by atoms with Gasteiger partial charge in [0.15, 0.2) is 16.7 Å². The second kappa shape index (κ2) is 8.48. The van der Waals surface area contributed by atoms with Gasteiger partial charge in [0.2, 0.25) is 5.91 Å². The van der Waals surface area contributed by atoms with Crippen molar-refractivity contribution in [3.8, 4) is 11.5 Å². The maximum absolute atomic E-state index is 12.8. The average Bonchev–Trinajstić information content (AvgIpc) is 3.17. The van der Waals surface area contributed by atoms with Gasteiger partial charge in [-0.25, -0.2) is 0 Å². The number of amides is 1. The zero-order valence-electron chi connectivity index (χ0n) is 15.1. The number of fused-ring (bicyclic) bond motifs is 1. The summed E-state index contributed by atoms with van der Waals surface area (Å²) in [6, 6.07) is 16.0. The molecule has 0 aliphatic carbocycles. The van der Waals surface area contributed by atoms with Gasteiger partial charge in [-0.1, -0.05) is 48.2 Å². The highest BCUT2D eigenvalue weighted by atomic mass is 32.2. The van der Waals surface area contributed by atoms with E-state index in [-0.39, 0.29) is 5.91 Å². The molecule has 1 fully saturated rings. The number of amidine groups is 1. The maximum Gasteiger partial charge on any atom is 0.232 e. The summed E-state index contributed by atoms with van der Waals surface area (Å²) in [5, 5.41) is 0.841. The smallest absolute Gasteiger partial charge is 0.232 e. The minimum Gasteiger partial charge on any atom is -0.486 e. The Morgan fingerprint density at radius 2 is 1.85 bits per heavy atom. The molecule has 2 aliphatic heterocycles. The van der Waals surface area contributed by atoms with Crippen molar-refractivity contribution in [3.63, 3.8) is 0 Å². The van der Waals surface area contributed by atoms with Crippen LogP contribution in [0.2, 0.25) is 0 Å². The van der Waals surface area contributed by atoms with Gasteiger partial charge in [-0.3, -0.25) is 14.7 Å². The summed E-state index contributed by atoms with van der Waals surface area (Å²) >= 11 is 1.66. The first-order valence-electron chi connectivity index (χ1n) is 9.20. The second-order valence-corrected chi connectivity index (χ2v) is 7.51. The van der Waals surface area contributed by atoms with Crippen LogP contribution in [0.25, 0.3) is 0 Å². The number of carbonyl (C=O) groups excluding carboxylic acids is 1. The average molecular weight is 382 g/mol. The van der Waals surface area contributed by atoms with Crippen LogP contribution in [0.5, 0.6) is 11.5 Å². The summed E-state index contributed by atoms with van der Waals surface area (Å²) in [7, 11) is 0. The van der Waals surface area contributed by atoms with E-state index in [0.29, 0.717) is 26.2 Å². The Balaban J connectivity index is 1.38. The molecule has 0 N–H and O–H groups in total. The zero-order chi connectivity index (χ0) is 18.5. The standard InChI is InChI=1S/C21H22N2O3S/c24-20(15-17-6-7-18-19(14-17)26-12-11-25-18)23-10-13-27-21(23)22-9-8-16-4-2-1-3-5-16/h1-7,14H,8-13,15H2. The summed E-state index contributed by atoms with van der Waals surface area (Å²) in [4.78, 5) is 19.3. The number of thioether (sulfide) groups is 1. The summed E-state index contributed by atoms with van der Waals surface area (Å²) in [6.07, 6.45) is 1.23. The Kier molecular flexibility index (Phi) is 5.63. The second-order valence-electron chi connectivity index (χ2n) is 6.45. The van der Waals surface area contributed by atoms with Crippen LogP contribution < -0.4 is 9.47 Å². The van der Waals surface area contributed by atoms with E-state index in [9.17, 15) is 4.79 Å². The van der Waals surface area contributed by atoms with Crippen LogP contribution in [0.1, 0.15) is 11.1 Å². The van der Waals surface area contributed by atoms with E-state index in [0.717, 1.165) is 40.9 Å². The van der Waals surface area contributed by atoms with Crippen molar-refractivity contribution >= 4 is 22.8 Å². The van der Waals surface area contributed by atoms with Gasteiger partial charge in [-0.05, 0) is 29.7 Å². The normalized spacial score (nSPS) is 17.3. The molecule has 1 amide bonds. The van der Waals surface area contributed by atoms with Crippen LogP contribution >= 0.6 is 11.8 Å². The predicted molar refractivity (Wildman–Crippen MR) is 108 cm³/mol. The van der Waals surface area contributed by atoms with Gasteiger partial charge in [0.1, 0.15) is 13.2 Å². The fraction of sp³-hybridized carbons (Fsp3) is 0.333. The summed E-state index contributed by atoms with van der Waals surface area (Å²) in [6.45, 7) is 2.53. The fourth-order valence-electron chi connectivity index (χ4n) is 3.16. The highest BCUT2D eigenvalue weighted by Gasteiger charge is 2.26. The molecule has 0 spiro atoms. The van der Waals surface area contributed by atoms with Crippen molar-refractivity contribution in [1.29, 1.82) is 0 Å². The molecule has 0 aromatic heterocycles. The number of ether oxygens (including phenoxy) is 2. The number of hydrogen-bond acceptors (Lipinski definition) is 5. The van der Waals surface area contributed by atoms with Gasteiger partial charge >= 0.3 is 0 Å². The number of aliphatic imine (C=N–C) groups is 1. The first-order valence-corrected chi connectivity index (χ1v) is 10.2. The quantitative estimate of drug-likeness (QED) is 0.797. The van der Waals surface area contributed by atoms with Crippen LogP contribution in [0.3, 0.4) is 0 Å². The van der Waals surface area contributed by atoms with Gasteiger partial charge in [0, 0.05) is 18.8 Å². The van der Waals surface area contributed by atoms with E-state index in [2.05, 4.69) is 17.1 Å². The van der Waals surface area contributed by atoms with Crippen molar-refractivity contribution in [2.24, 2.45) is 4.99 Å². The first kappa shape index (κ1) is 17.9. The van der Waals surface area contributed by atoms with Gasteiger partial charge in [-0.15, -0.1) is 0 Å². The van der Waals surface area contributed by atoms with Crippen molar-refractivity contribution in [2.75, 3.05) is 32.1 Å². The third-order valence-electron chi connectivity index (χ3n) is 4.53. The summed E-state index contributed by atoms with van der Waals surface area (Å²) < 4.78 is 11.1. The molecule has 2 aromatic rings. The largest absolute Gasteiger partial charge is 0.486 e. The third kappa shape index (κ3) is 4.45. The Hall–Kier alpha value is -2.47. The maximum atomic E-state index is 12.8. The predicted octanol–water partition coefficient (Wildman–Crippen LogP) is 3.17. The SMILES string of the molecule is O=C(Cc1ccc2c(c1)OCCO2)N1CCSC1=NCCc1ccccc1. The van der Waals surface area contributed by atoms with Crippen molar-refractivity contribution < 1.29 is 14.3 Å². The Morgan fingerprint density at radius 1 is 1.04 bits per heavy atom. The van der Waals surface area contributed by atoms with E-state index in [1.54, 1.807) is 11.8 Å². The Labute approximate surface area is 163 Å². The van der Waals surface area contributed by atoms with Crippen LogP contribution in [-0.4, -0.2) is 48.0 Å². The zero-order valence-corrected chi connectivity index (χ0v) is 15.9. The molecule has 1 saturated heterocycles. The molecule has 27 heavy (non-hydrogen) atoms. The minimum absolute atomic E-state index is 0.0788. The topological polar surface area (TPSA) is 51.1 Å². The van der Waals surface area contributed by atoms with E-state index in [1.807, 2.05) is 41.3 Å². The van der Waals surface area contributed by atoms with Crippen LogP contribution in [-0.2, 0) is 17.6 Å². The molecule has 140 valence electrons. The fourth-order valence-corrected chi connectivity index (χ4v) is 4.15. The molecule has 4 rings (SSSR count). The van der Waals surface area contributed by atoms with Gasteiger partial charge in [0.25, 0.3) is 0 Å². The molecule has 2 aromatic carbocycles. The number of carbonyl (C=O) groups is 1. The molecule has 2 heterocycles. The van der Waals surface area contributed by atoms with Crippen LogP contribution in [0.15, 0.2) is 53.5 Å². The molecule has 0 unspecified atom stereocenters. The monoisotopic (exact) mass is 382 g/mol. The van der Waals surface area contributed by atoms with E-state index in [1.165, 1.54) is 5.56 Å². The highest BCUT2D eigenvalue weighted by molar-refractivity contribution is 8.14. The van der Waals surface area contributed by atoms with E-state index < -0.39 is 0 Å². The molecule has 0 bridgehead atoms. The lowest BCUT2D eigenvalue weighted by Crippen LogP contribution is -2.33. The van der Waals surface area contributed by atoms with Crippen molar-refractivity contribution in [3.05, 3.63) is 59.7 Å². The van der Waals surface area contributed by atoms with Crippen LogP contribution in [0.4, 0.5) is 0 Å². The molecular weight excluding hydrogens is 360 g/mol. The third-order valence-corrected chi connectivity index (χ3v) is 5.52. The number of nitrogens with zero attached hydrogens (tertiary/aromatic N) is 2. The lowest BCUT2D eigenvalue weighted by Gasteiger charge is -2.20. The molecular formula is C21H22N2O3S. The molecule has 2 aliphatic rings. The number of rotatable bonds is 5. The molecule has 6 heteroatoms. The van der Waals surface area contributed by atoms with Gasteiger partial charge < -0.3 is 9.47 Å². The van der Waals surface area contributed by atoms with Crippen molar-refractivity contribution in [1.82, 2.24) is 4.90 Å². The number of hydrogen-bond donors (Lipinski definition) is 0. The highest BCUT2D eigenvalue weighted by Crippen LogP contribution is 2.31. The lowest BCUT2D eigenvalue weighted by atomic mass is 10.1. The van der Waals surface area contributed by atoms with Crippen molar-refractivity contribution in [2.45, 2.75) is 12.8 Å². The summed E-state index contributed by atoms with van der Waals surface area (Å²) in [5.74, 6) is 2.45. The van der Waals surface area contributed by atoms with Gasteiger partial charge in [0.05, 0.1) is 6.42 Å². The molecule has 0 radical (unpaired) electrons. The number of benzene rings is 2. The van der Waals surface area contributed by atoms with Gasteiger partial charge in [-0.2, -0.15) is 0 Å². The minimum atomic E-state index is 0.0788. The lowest BCUT2D eigenvalue weighted by molar-refractivity contribution is -0.126. The van der Waals surface area contributed by atoms with E-state index in [4.69, 9.17) is 9.47 Å². The summed E-state index contributed by atoms with van der Waals surface area (Å²) in [5.41, 5.74) is 2.20. The Bertz CT molecular complexity index is 839. The van der Waals surface area contributed by atoms with Crippen LogP contribution in [0, 0.1) is 0 Å². The van der Waals surface area contributed by atoms with E-state index >= 15 is 0 Å². The molecule has 0 atom stereocenters.